The number of carbonyl (C=O) groups excluding carboxylic acids is 1. The lowest BCUT2D eigenvalue weighted by atomic mass is 10.0. The molecule has 1 amide bonds. The molecule has 0 bridgehead atoms. The number of aliphatic hydroxyl groups excluding tert-OH is 1. The first kappa shape index (κ1) is 14.4. The monoisotopic (exact) mass is 216 g/mol. The molecule has 0 saturated heterocycles. The maximum Gasteiger partial charge on any atom is 0.236 e. The summed E-state index contributed by atoms with van der Waals surface area (Å²) in [6.07, 6.45) is 1.91. The van der Waals surface area contributed by atoms with Gasteiger partial charge in [0.1, 0.15) is 0 Å². The van der Waals surface area contributed by atoms with Gasteiger partial charge in [-0.25, -0.2) is 0 Å². The van der Waals surface area contributed by atoms with E-state index in [0.717, 1.165) is 6.42 Å². The minimum Gasteiger partial charge on any atom is -0.393 e. The van der Waals surface area contributed by atoms with E-state index in [0.29, 0.717) is 25.3 Å². The van der Waals surface area contributed by atoms with E-state index in [-0.39, 0.29) is 12.0 Å². The summed E-state index contributed by atoms with van der Waals surface area (Å²) < 4.78 is 0. The number of aliphatic hydroxyl groups is 1. The summed E-state index contributed by atoms with van der Waals surface area (Å²) in [7, 11) is 0. The molecule has 0 spiro atoms. The summed E-state index contributed by atoms with van der Waals surface area (Å²) in [5.74, 6) is 0.345. The SMILES string of the molecule is CC(C)CC(N)C(=O)NCCCC(C)O. The fourth-order valence-electron chi connectivity index (χ4n) is 1.36. The largest absolute Gasteiger partial charge is 0.393 e. The van der Waals surface area contributed by atoms with Gasteiger partial charge in [0, 0.05) is 6.54 Å². The molecule has 0 aromatic heterocycles. The molecule has 15 heavy (non-hydrogen) atoms. The standard InChI is InChI=1S/C11H24N2O2/c1-8(2)7-10(12)11(15)13-6-4-5-9(3)14/h8-10,14H,4-7,12H2,1-3H3,(H,13,15). The second-order valence-corrected chi connectivity index (χ2v) is 4.52. The average Bonchev–Trinajstić information content (AvgIpc) is 2.10. The summed E-state index contributed by atoms with van der Waals surface area (Å²) >= 11 is 0. The topological polar surface area (TPSA) is 75.4 Å². The van der Waals surface area contributed by atoms with Gasteiger partial charge in [0.2, 0.25) is 5.91 Å². The van der Waals surface area contributed by atoms with Crippen LogP contribution in [0, 0.1) is 5.92 Å². The van der Waals surface area contributed by atoms with Gasteiger partial charge in [-0.3, -0.25) is 4.79 Å². The van der Waals surface area contributed by atoms with Gasteiger partial charge in [0.25, 0.3) is 0 Å². The van der Waals surface area contributed by atoms with E-state index in [2.05, 4.69) is 5.32 Å². The van der Waals surface area contributed by atoms with Crippen LogP contribution in [0.15, 0.2) is 0 Å². The minimum atomic E-state index is -0.406. The Morgan fingerprint density at radius 2 is 2.00 bits per heavy atom. The molecule has 2 atom stereocenters. The molecular weight excluding hydrogens is 192 g/mol. The van der Waals surface area contributed by atoms with E-state index in [1.165, 1.54) is 0 Å². The molecule has 0 aliphatic rings. The number of hydrogen-bond acceptors (Lipinski definition) is 3. The van der Waals surface area contributed by atoms with Gasteiger partial charge in [-0.2, -0.15) is 0 Å². The van der Waals surface area contributed by atoms with Crippen LogP contribution in [0.5, 0.6) is 0 Å². The first-order valence-electron chi connectivity index (χ1n) is 5.64. The van der Waals surface area contributed by atoms with Gasteiger partial charge in [0.05, 0.1) is 12.1 Å². The molecule has 0 heterocycles. The lowest BCUT2D eigenvalue weighted by molar-refractivity contribution is -0.122. The van der Waals surface area contributed by atoms with Gasteiger partial charge < -0.3 is 16.2 Å². The quantitative estimate of drug-likeness (QED) is 0.547. The van der Waals surface area contributed by atoms with Crippen molar-refractivity contribution in [2.75, 3.05) is 6.54 Å². The molecule has 4 N–H and O–H groups in total. The van der Waals surface area contributed by atoms with Gasteiger partial charge in [0.15, 0.2) is 0 Å². The summed E-state index contributed by atoms with van der Waals surface area (Å²) in [6, 6.07) is -0.406. The van der Waals surface area contributed by atoms with E-state index >= 15 is 0 Å². The first-order chi connectivity index (χ1) is 6.93. The van der Waals surface area contributed by atoms with Crippen LogP contribution in [-0.2, 0) is 4.79 Å². The maximum atomic E-state index is 11.4. The van der Waals surface area contributed by atoms with Crippen molar-refractivity contribution in [2.45, 2.75) is 52.2 Å². The number of amides is 1. The number of hydrogen-bond donors (Lipinski definition) is 3. The van der Waals surface area contributed by atoms with Crippen LogP contribution >= 0.6 is 0 Å². The Bertz CT molecular complexity index is 181. The second-order valence-electron chi connectivity index (χ2n) is 4.52. The Morgan fingerprint density at radius 1 is 1.40 bits per heavy atom. The van der Waals surface area contributed by atoms with Gasteiger partial charge in [-0.05, 0) is 32.1 Å². The Morgan fingerprint density at radius 3 is 2.47 bits per heavy atom. The molecule has 0 rings (SSSR count). The van der Waals surface area contributed by atoms with Crippen molar-refractivity contribution in [3.63, 3.8) is 0 Å². The highest BCUT2D eigenvalue weighted by atomic mass is 16.3. The van der Waals surface area contributed by atoms with Gasteiger partial charge >= 0.3 is 0 Å². The number of nitrogens with two attached hydrogens (primary N) is 1. The average molecular weight is 216 g/mol. The van der Waals surface area contributed by atoms with Crippen LogP contribution in [0.4, 0.5) is 0 Å². The van der Waals surface area contributed by atoms with Crippen LogP contribution in [-0.4, -0.2) is 29.7 Å². The van der Waals surface area contributed by atoms with E-state index in [1.54, 1.807) is 6.92 Å². The fraction of sp³-hybridized carbons (Fsp3) is 0.909. The Kier molecular flexibility index (Phi) is 7.34. The molecule has 2 unspecified atom stereocenters. The molecule has 0 saturated carbocycles. The minimum absolute atomic E-state index is 0.0886. The highest BCUT2D eigenvalue weighted by Gasteiger charge is 2.13. The van der Waals surface area contributed by atoms with Gasteiger partial charge in [-0.1, -0.05) is 13.8 Å². The third-order valence-corrected chi connectivity index (χ3v) is 2.16. The van der Waals surface area contributed by atoms with E-state index < -0.39 is 6.04 Å². The molecule has 0 radical (unpaired) electrons. The Labute approximate surface area is 92.2 Å². The van der Waals surface area contributed by atoms with Crippen LogP contribution in [0.1, 0.15) is 40.0 Å². The van der Waals surface area contributed by atoms with Crippen molar-refractivity contribution in [3.8, 4) is 0 Å². The van der Waals surface area contributed by atoms with Crippen LogP contribution in [0.25, 0.3) is 0 Å². The molecule has 0 fully saturated rings. The number of rotatable bonds is 7. The van der Waals surface area contributed by atoms with Crippen molar-refractivity contribution in [1.29, 1.82) is 0 Å². The highest BCUT2D eigenvalue weighted by molar-refractivity contribution is 5.81. The Hall–Kier alpha value is -0.610. The smallest absolute Gasteiger partial charge is 0.236 e. The molecule has 4 nitrogen and oxygen atoms in total. The predicted octanol–water partition coefficient (Wildman–Crippen LogP) is 0.637. The predicted molar refractivity (Wildman–Crippen MR) is 61.4 cm³/mol. The third kappa shape index (κ3) is 8.39. The van der Waals surface area contributed by atoms with E-state index in [4.69, 9.17) is 10.8 Å². The Balaban J connectivity index is 3.56. The number of carbonyl (C=O) groups is 1. The zero-order valence-electron chi connectivity index (χ0n) is 9.99. The van der Waals surface area contributed by atoms with Crippen molar-refractivity contribution in [3.05, 3.63) is 0 Å². The molecule has 0 aromatic carbocycles. The maximum absolute atomic E-state index is 11.4. The molecule has 0 aliphatic carbocycles. The molecule has 0 aliphatic heterocycles. The summed E-state index contributed by atoms with van der Waals surface area (Å²) in [4.78, 5) is 11.4. The van der Waals surface area contributed by atoms with Crippen molar-refractivity contribution in [1.82, 2.24) is 5.32 Å². The van der Waals surface area contributed by atoms with Crippen molar-refractivity contribution < 1.29 is 9.90 Å². The first-order valence-corrected chi connectivity index (χ1v) is 5.64. The summed E-state index contributed by atoms with van der Waals surface area (Å²) in [5, 5.41) is 11.8. The molecule has 4 heteroatoms. The number of nitrogens with one attached hydrogen (secondary N) is 1. The summed E-state index contributed by atoms with van der Waals surface area (Å²) in [5.41, 5.74) is 5.70. The normalized spacial score (nSPS) is 15.1. The van der Waals surface area contributed by atoms with Gasteiger partial charge in [-0.15, -0.1) is 0 Å². The lowest BCUT2D eigenvalue weighted by Crippen LogP contribution is -2.41. The second kappa shape index (κ2) is 7.65. The van der Waals surface area contributed by atoms with Crippen LogP contribution in [0.2, 0.25) is 0 Å². The highest BCUT2D eigenvalue weighted by Crippen LogP contribution is 2.02. The molecule has 90 valence electrons. The van der Waals surface area contributed by atoms with E-state index in [1.807, 2.05) is 13.8 Å². The van der Waals surface area contributed by atoms with Crippen molar-refractivity contribution >= 4 is 5.91 Å². The van der Waals surface area contributed by atoms with Crippen molar-refractivity contribution in [2.24, 2.45) is 11.7 Å². The zero-order chi connectivity index (χ0) is 11.8. The molecular formula is C11H24N2O2. The molecule has 0 aromatic rings. The van der Waals surface area contributed by atoms with E-state index in [9.17, 15) is 4.79 Å². The summed E-state index contributed by atoms with van der Waals surface area (Å²) in [6.45, 7) is 6.42. The third-order valence-electron chi connectivity index (χ3n) is 2.16. The zero-order valence-corrected chi connectivity index (χ0v) is 9.99. The lowest BCUT2D eigenvalue weighted by Gasteiger charge is -2.14. The van der Waals surface area contributed by atoms with Crippen LogP contribution < -0.4 is 11.1 Å². The fourth-order valence-corrected chi connectivity index (χ4v) is 1.36. The van der Waals surface area contributed by atoms with Crippen LogP contribution in [0.3, 0.4) is 0 Å².